The van der Waals surface area contributed by atoms with E-state index in [4.69, 9.17) is 32.4 Å². The Balaban J connectivity index is 1.42. The number of furan rings is 1. The van der Waals surface area contributed by atoms with Gasteiger partial charge < -0.3 is 19.5 Å². The lowest BCUT2D eigenvalue weighted by Crippen LogP contribution is -2.11. The lowest BCUT2D eigenvalue weighted by Gasteiger charge is -2.11. The number of carbonyl (C=O) groups excluding carboxylic acids is 1. The number of rotatable bonds is 5. The first-order valence-corrected chi connectivity index (χ1v) is 10.8. The van der Waals surface area contributed by atoms with Crippen LogP contribution in [0.15, 0.2) is 77.2 Å². The third-order valence-corrected chi connectivity index (χ3v) is 5.88. The van der Waals surface area contributed by atoms with Crippen molar-refractivity contribution >= 4 is 45.8 Å². The second kappa shape index (κ2) is 8.65. The van der Waals surface area contributed by atoms with Crippen LogP contribution in [-0.2, 0) is 0 Å². The van der Waals surface area contributed by atoms with Crippen molar-refractivity contribution in [2.75, 3.05) is 12.4 Å². The van der Waals surface area contributed by atoms with Crippen LogP contribution in [0.25, 0.3) is 33.7 Å². The molecule has 0 aliphatic carbocycles. The molecule has 0 aliphatic rings. The van der Waals surface area contributed by atoms with Gasteiger partial charge in [0, 0.05) is 11.1 Å². The molecule has 0 spiro atoms. The number of amides is 1. The van der Waals surface area contributed by atoms with Crippen LogP contribution in [0.5, 0.6) is 5.75 Å². The van der Waals surface area contributed by atoms with Gasteiger partial charge in [-0.3, -0.25) is 4.79 Å². The highest BCUT2D eigenvalue weighted by Gasteiger charge is 2.17. The molecule has 2 heterocycles. The minimum absolute atomic E-state index is 0.146. The first-order chi connectivity index (χ1) is 16.0. The molecule has 33 heavy (non-hydrogen) atoms. The summed E-state index contributed by atoms with van der Waals surface area (Å²) in [5.41, 5.74) is 3.80. The molecule has 0 saturated heterocycles. The average Bonchev–Trinajstić information content (AvgIpc) is 3.48. The van der Waals surface area contributed by atoms with Gasteiger partial charge in [-0.25, -0.2) is 4.98 Å². The highest BCUT2D eigenvalue weighted by atomic mass is 35.5. The number of methoxy groups -OCH3 is 1. The zero-order chi connectivity index (χ0) is 22.9. The monoisotopic (exact) mass is 477 g/mol. The van der Waals surface area contributed by atoms with Crippen LogP contribution in [0.3, 0.4) is 0 Å². The fourth-order valence-corrected chi connectivity index (χ4v) is 3.79. The zero-order valence-electron chi connectivity index (χ0n) is 17.4. The van der Waals surface area contributed by atoms with E-state index in [1.807, 2.05) is 30.3 Å². The Kier molecular flexibility index (Phi) is 5.54. The van der Waals surface area contributed by atoms with Gasteiger partial charge in [0.25, 0.3) is 5.91 Å². The fraction of sp³-hybridized carbons (Fsp3) is 0.0400. The average molecular weight is 478 g/mol. The SMILES string of the molecule is COc1ccc(-c2nc3ccccc3[nH]2)cc1NC(=O)c1ccc(-c2ccc(Cl)c(Cl)c2)o1. The second-order valence-corrected chi connectivity index (χ2v) is 8.08. The number of carbonyl (C=O) groups is 1. The normalized spacial score (nSPS) is 11.0. The van der Waals surface area contributed by atoms with Gasteiger partial charge in [-0.2, -0.15) is 0 Å². The molecular formula is C25H17Cl2N3O3. The summed E-state index contributed by atoms with van der Waals surface area (Å²) in [5, 5.41) is 3.71. The zero-order valence-corrected chi connectivity index (χ0v) is 18.9. The van der Waals surface area contributed by atoms with Crippen LogP contribution < -0.4 is 10.1 Å². The van der Waals surface area contributed by atoms with Crippen LogP contribution in [0, 0.1) is 0 Å². The van der Waals surface area contributed by atoms with Crippen molar-refractivity contribution < 1.29 is 13.9 Å². The molecular weight excluding hydrogens is 461 g/mol. The molecule has 2 N–H and O–H groups in total. The Labute approximate surface area is 199 Å². The van der Waals surface area contributed by atoms with Crippen molar-refractivity contribution in [1.82, 2.24) is 9.97 Å². The molecule has 8 heteroatoms. The Bertz CT molecular complexity index is 1460. The van der Waals surface area contributed by atoms with E-state index >= 15 is 0 Å². The minimum Gasteiger partial charge on any atom is -0.495 e. The van der Waals surface area contributed by atoms with Crippen molar-refractivity contribution in [3.05, 3.63) is 88.6 Å². The molecule has 0 unspecified atom stereocenters. The lowest BCUT2D eigenvalue weighted by atomic mass is 10.1. The van der Waals surface area contributed by atoms with E-state index in [0.717, 1.165) is 16.6 Å². The number of nitrogens with zero attached hydrogens (tertiary/aromatic N) is 1. The number of imidazole rings is 1. The van der Waals surface area contributed by atoms with Crippen LogP contribution in [0.1, 0.15) is 10.6 Å². The maximum absolute atomic E-state index is 12.9. The van der Waals surface area contributed by atoms with Gasteiger partial charge in [0.15, 0.2) is 5.76 Å². The standard InChI is InChI=1S/C25H17Cl2N3O3/c1-32-22-9-7-15(24-28-18-4-2-3-5-19(18)29-24)13-20(22)30-25(31)23-11-10-21(33-23)14-6-8-16(26)17(27)12-14/h2-13H,1H3,(H,28,29)(H,30,31). The van der Waals surface area contributed by atoms with Gasteiger partial charge in [-0.1, -0.05) is 35.3 Å². The molecule has 0 saturated carbocycles. The van der Waals surface area contributed by atoms with Crippen molar-refractivity contribution in [3.63, 3.8) is 0 Å². The van der Waals surface area contributed by atoms with Crippen LogP contribution in [-0.4, -0.2) is 23.0 Å². The summed E-state index contributed by atoms with van der Waals surface area (Å²) < 4.78 is 11.2. The Morgan fingerprint density at radius 2 is 1.79 bits per heavy atom. The molecule has 0 fully saturated rings. The summed E-state index contributed by atoms with van der Waals surface area (Å²) in [7, 11) is 1.54. The largest absolute Gasteiger partial charge is 0.495 e. The van der Waals surface area contributed by atoms with E-state index in [9.17, 15) is 4.79 Å². The molecule has 5 aromatic rings. The van der Waals surface area contributed by atoms with E-state index in [2.05, 4.69) is 15.3 Å². The van der Waals surface area contributed by atoms with Crippen molar-refractivity contribution in [3.8, 4) is 28.5 Å². The predicted octanol–water partition coefficient (Wildman–Crippen LogP) is 7.06. The smallest absolute Gasteiger partial charge is 0.291 e. The first kappa shape index (κ1) is 21.1. The number of hydrogen-bond acceptors (Lipinski definition) is 4. The molecule has 0 aliphatic heterocycles. The van der Waals surface area contributed by atoms with Gasteiger partial charge in [-0.15, -0.1) is 0 Å². The van der Waals surface area contributed by atoms with Gasteiger partial charge >= 0.3 is 0 Å². The topological polar surface area (TPSA) is 80.1 Å². The third kappa shape index (κ3) is 4.18. The molecule has 6 nitrogen and oxygen atoms in total. The van der Waals surface area contributed by atoms with Gasteiger partial charge in [0.1, 0.15) is 17.3 Å². The Morgan fingerprint density at radius 1 is 0.970 bits per heavy atom. The number of fused-ring (bicyclic) bond motifs is 1. The van der Waals surface area contributed by atoms with Crippen LogP contribution >= 0.6 is 23.2 Å². The highest BCUT2D eigenvalue weighted by Crippen LogP contribution is 2.32. The number of aromatic nitrogens is 2. The molecule has 3 aromatic carbocycles. The molecule has 0 atom stereocenters. The number of benzene rings is 3. The number of ether oxygens (including phenoxy) is 1. The number of nitrogens with one attached hydrogen (secondary N) is 2. The maximum Gasteiger partial charge on any atom is 0.291 e. The van der Waals surface area contributed by atoms with Gasteiger partial charge in [-0.05, 0) is 60.7 Å². The van der Waals surface area contributed by atoms with E-state index in [-0.39, 0.29) is 5.76 Å². The summed E-state index contributed by atoms with van der Waals surface area (Å²) in [4.78, 5) is 20.8. The quantitative estimate of drug-likeness (QED) is 0.284. The summed E-state index contributed by atoms with van der Waals surface area (Å²) in [6, 6.07) is 21.7. The Hall–Kier alpha value is -3.74. The second-order valence-electron chi connectivity index (χ2n) is 7.26. The number of aromatic amines is 1. The van der Waals surface area contributed by atoms with Crippen LogP contribution in [0.2, 0.25) is 10.0 Å². The van der Waals surface area contributed by atoms with E-state index < -0.39 is 5.91 Å². The third-order valence-electron chi connectivity index (χ3n) is 5.14. The predicted molar refractivity (Wildman–Crippen MR) is 130 cm³/mol. The number of hydrogen-bond donors (Lipinski definition) is 2. The summed E-state index contributed by atoms with van der Waals surface area (Å²) in [6.07, 6.45) is 0. The molecule has 2 aromatic heterocycles. The van der Waals surface area contributed by atoms with Crippen molar-refractivity contribution in [1.29, 1.82) is 0 Å². The molecule has 5 rings (SSSR count). The summed E-state index contributed by atoms with van der Waals surface area (Å²) >= 11 is 12.1. The number of H-pyrrole nitrogens is 1. The molecule has 0 bridgehead atoms. The lowest BCUT2D eigenvalue weighted by molar-refractivity contribution is 0.0997. The Morgan fingerprint density at radius 3 is 2.58 bits per heavy atom. The highest BCUT2D eigenvalue weighted by molar-refractivity contribution is 6.42. The van der Waals surface area contributed by atoms with E-state index in [1.54, 1.807) is 49.6 Å². The minimum atomic E-state index is -0.415. The number of halogens is 2. The molecule has 0 radical (unpaired) electrons. The number of para-hydroxylation sites is 2. The van der Waals surface area contributed by atoms with Crippen molar-refractivity contribution in [2.24, 2.45) is 0 Å². The molecule has 1 amide bonds. The summed E-state index contributed by atoms with van der Waals surface area (Å²) in [6.45, 7) is 0. The fourth-order valence-electron chi connectivity index (χ4n) is 3.49. The first-order valence-electron chi connectivity index (χ1n) is 10.0. The van der Waals surface area contributed by atoms with Crippen molar-refractivity contribution in [2.45, 2.75) is 0 Å². The van der Waals surface area contributed by atoms with Gasteiger partial charge in [0.2, 0.25) is 0 Å². The van der Waals surface area contributed by atoms with Crippen LogP contribution in [0.4, 0.5) is 5.69 Å². The maximum atomic E-state index is 12.9. The molecule has 164 valence electrons. The summed E-state index contributed by atoms with van der Waals surface area (Å²) in [5.74, 6) is 1.43. The van der Waals surface area contributed by atoms with E-state index in [0.29, 0.717) is 38.6 Å². The number of anilines is 1. The van der Waals surface area contributed by atoms with E-state index in [1.165, 1.54) is 0 Å². The van der Waals surface area contributed by atoms with Gasteiger partial charge in [0.05, 0.1) is 33.9 Å².